The van der Waals surface area contributed by atoms with Crippen LogP contribution in [0, 0.1) is 0 Å². The van der Waals surface area contributed by atoms with Crippen LogP contribution in [0.15, 0.2) is 47.5 Å². The highest BCUT2D eigenvalue weighted by atomic mass is 32.2. The molecule has 2 aromatic rings. The number of anilines is 1. The largest absolute Gasteiger partial charge is 0.501 e. The van der Waals surface area contributed by atoms with Crippen molar-refractivity contribution < 1.29 is 31.1 Å². The first-order valence-electron chi connectivity index (χ1n) is 9.55. The fourth-order valence-corrected chi connectivity index (χ4v) is 4.10. The number of carbonyl (C=O) groups is 1. The SMILES string of the molecule is CCOC(=O)c1cc(CN2CN(c3ccc(S(=O)(=O)C(F)(F)F)cc3)CC2C)ccn1. The van der Waals surface area contributed by atoms with E-state index in [1.165, 1.54) is 12.1 Å². The average molecular weight is 457 g/mol. The van der Waals surface area contributed by atoms with Crippen molar-refractivity contribution in [1.82, 2.24) is 9.88 Å². The minimum atomic E-state index is -5.37. The molecule has 1 aromatic carbocycles. The van der Waals surface area contributed by atoms with E-state index in [0.29, 0.717) is 25.4 Å². The number of benzene rings is 1. The number of ether oxygens (including phenoxy) is 1. The third-order valence-corrected chi connectivity index (χ3v) is 6.47. The third kappa shape index (κ3) is 4.99. The van der Waals surface area contributed by atoms with Gasteiger partial charge in [-0.25, -0.2) is 18.2 Å². The van der Waals surface area contributed by atoms with Gasteiger partial charge in [0.25, 0.3) is 9.84 Å². The van der Waals surface area contributed by atoms with Gasteiger partial charge < -0.3 is 9.64 Å². The number of alkyl halides is 3. The van der Waals surface area contributed by atoms with E-state index in [1.54, 1.807) is 25.3 Å². The van der Waals surface area contributed by atoms with Crippen LogP contribution in [0.5, 0.6) is 0 Å². The molecule has 1 aliphatic rings. The third-order valence-electron chi connectivity index (χ3n) is 4.97. The fraction of sp³-hybridized carbons (Fsp3) is 0.400. The Morgan fingerprint density at radius 3 is 2.52 bits per heavy atom. The Labute approximate surface area is 178 Å². The van der Waals surface area contributed by atoms with Gasteiger partial charge in [0.05, 0.1) is 18.2 Å². The highest BCUT2D eigenvalue weighted by molar-refractivity contribution is 7.92. The van der Waals surface area contributed by atoms with Gasteiger partial charge in [-0.05, 0) is 55.8 Å². The van der Waals surface area contributed by atoms with E-state index in [1.807, 2.05) is 11.8 Å². The van der Waals surface area contributed by atoms with Crippen LogP contribution in [0.4, 0.5) is 18.9 Å². The van der Waals surface area contributed by atoms with Crippen LogP contribution in [-0.4, -0.2) is 55.6 Å². The second kappa shape index (κ2) is 8.83. The lowest BCUT2D eigenvalue weighted by Crippen LogP contribution is -2.28. The molecular formula is C20H22F3N3O4S. The minimum Gasteiger partial charge on any atom is -0.461 e. The predicted molar refractivity (Wildman–Crippen MR) is 107 cm³/mol. The zero-order valence-electron chi connectivity index (χ0n) is 17.0. The first kappa shape index (κ1) is 23.0. The molecule has 0 N–H and O–H groups in total. The summed E-state index contributed by atoms with van der Waals surface area (Å²) in [5, 5.41) is 0. The normalized spacial score (nSPS) is 17.7. The Morgan fingerprint density at radius 2 is 1.90 bits per heavy atom. The molecule has 0 saturated carbocycles. The molecule has 168 valence electrons. The topological polar surface area (TPSA) is 79.8 Å². The minimum absolute atomic E-state index is 0.123. The number of halogens is 3. The highest BCUT2D eigenvalue weighted by Gasteiger charge is 2.46. The summed E-state index contributed by atoms with van der Waals surface area (Å²) in [7, 11) is -5.37. The van der Waals surface area contributed by atoms with Crippen LogP contribution in [0.25, 0.3) is 0 Å². The summed E-state index contributed by atoms with van der Waals surface area (Å²) < 4.78 is 66.2. The Morgan fingerprint density at radius 1 is 1.23 bits per heavy atom. The molecule has 1 saturated heterocycles. The fourth-order valence-electron chi connectivity index (χ4n) is 3.34. The lowest BCUT2D eigenvalue weighted by Gasteiger charge is -2.21. The van der Waals surface area contributed by atoms with Gasteiger partial charge in [0.2, 0.25) is 0 Å². The van der Waals surface area contributed by atoms with Gasteiger partial charge in [0, 0.05) is 31.0 Å². The van der Waals surface area contributed by atoms with Crippen molar-refractivity contribution in [2.24, 2.45) is 0 Å². The van der Waals surface area contributed by atoms with E-state index in [-0.39, 0.29) is 18.3 Å². The van der Waals surface area contributed by atoms with Crippen LogP contribution in [0.3, 0.4) is 0 Å². The maximum Gasteiger partial charge on any atom is 0.501 e. The Hall–Kier alpha value is -2.66. The smallest absolute Gasteiger partial charge is 0.461 e. The van der Waals surface area contributed by atoms with Crippen molar-refractivity contribution in [2.45, 2.75) is 36.8 Å². The number of aromatic nitrogens is 1. The monoisotopic (exact) mass is 457 g/mol. The number of rotatable bonds is 6. The summed E-state index contributed by atoms with van der Waals surface area (Å²) in [5.41, 5.74) is -3.61. The number of esters is 1. The second-order valence-corrected chi connectivity index (χ2v) is 9.11. The summed E-state index contributed by atoms with van der Waals surface area (Å²) in [4.78, 5) is 19.2. The Bertz CT molecular complexity index is 1040. The molecular weight excluding hydrogens is 435 g/mol. The molecule has 0 spiro atoms. The van der Waals surface area contributed by atoms with Crippen molar-refractivity contribution in [3.8, 4) is 0 Å². The van der Waals surface area contributed by atoms with Gasteiger partial charge in [-0.2, -0.15) is 13.2 Å². The van der Waals surface area contributed by atoms with E-state index in [4.69, 9.17) is 4.74 Å². The summed E-state index contributed by atoms with van der Waals surface area (Å²) in [6.07, 6.45) is 1.54. The first-order valence-corrected chi connectivity index (χ1v) is 11.0. The number of sulfone groups is 1. The average Bonchev–Trinajstić information content (AvgIpc) is 3.08. The van der Waals surface area contributed by atoms with E-state index in [2.05, 4.69) is 9.88 Å². The summed E-state index contributed by atoms with van der Waals surface area (Å²) >= 11 is 0. The summed E-state index contributed by atoms with van der Waals surface area (Å²) in [6, 6.07) is 8.29. The standard InChI is InChI=1S/C20H22F3N3O4S/c1-3-30-19(27)18-10-15(8-9-24-18)12-25-13-26(11-14(25)2)16-4-6-17(7-5-16)31(28,29)20(21,22)23/h4-10,14H,3,11-13H2,1-2H3. The van der Waals surface area contributed by atoms with Crippen LogP contribution < -0.4 is 4.90 Å². The van der Waals surface area contributed by atoms with Gasteiger partial charge in [-0.15, -0.1) is 0 Å². The number of hydrogen-bond acceptors (Lipinski definition) is 7. The zero-order chi connectivity index (χ0) is 22.8. The lowest BCUT2D eigenvalue weighted by atomic mass is 10.2. The zero-order valence-corrected chi connectivity index (χ0v) is 17.8. The van der Waals surface area contributed by atoms with Crippen molar-refractivity contribution >= 4 is 21.5 Å². The molecule has 0 amide bonds. The molecule has 1 unspecified atom stereocenters. The number of carbonyl (C=O) groups excluding carboxylic acids is 1. The van der Waals surface area contributed by atoms with Crippen molar-refractivity contribution in [3.63, 3.8) is 0 Å². The number of hydrogen-bond donors (Lipinski definition) is 0. The molecule has 0 aliphatic carbocycles. The predicted octanol–water partition coefficient (Wildman–Crippen LogP) is 3.22. The van der Waals surface area contributed by atoms with Crippen LogP contribution in [0.1, 0.15) is 29.9 Å². The van der Waals surface area contributed by atoms with Crippen LogP contribution in [0.2, 0.25) is 0 Å². The van der Waals surface area contributed by atoms with Crippen molar-refractivity contribution in [3.05, 3.63) is 53.9 Å². The highest BCUT2D eigenvalue weighted by Crippen LogP contribution is 2.32. The molecule has 0 bridgehead atoms. The second-order valence-electron chi connectivity index (χ2n) is 7.17. The molecule has 1 aliphatic heterocycles. The van der Waals surface area contributed by atoms with Gasteiger partial charge >= 0.3 is 11.5 Å². The lowest BCUT2D eigenvalue weighted by molar-refractivity contribution is -0.0436. The van der Waals surface area contributed by atoms with Gasteiger partial charge in [0.15, 0.2) is 0 Å². The summed E-state index contributed by atoms with van der Waals surface area (Å²) in [6.45, 7) is 5.62. The van der Waals surface area contributed by atoms with Gasteiger partial charge in [0.1, 0.15) is 5.69 Å². The Balaban J connectivity index is 1.70. The molecule has 3 rings (SSSR count). The molecule has 1 aromatic heterocycles. The van der Waals surface area contributed by atoms with Crippen LogP contribution >= 0.6 is 0 Å². The molecule has 0 radical (unpaired) electrons. The molecule has 2 heterocycles. The van der Waals surface area contributed by atoms with Gasteiger partial charge in [-0.3, -0.25) is 4.90 Å². The Kier molecular flexibility index (Phi) is 6.56. The van der Waals surface area contributed by atoms with Crippen molar-refractivity contribution in [1.29, 1.82) is 0 Å². The molecule has 31 heavy (non-hydrogen) atoms. The molecule has 1 fully saturated rings. The van der Waals surface area contributed by atoms with Crippen LogP contribution in [-0.2, 0) is 21.1 Å². The quantitative estimate of drug-likeness (QED) is 0.617. The maximum atomic E-state index is 12.7. The van der Waals surface area contributed by atoms with Crippen molar-refractivity contribution in [2.75, 3.05) is 24.7 Å². The van der Waals surface area contributed by atoms with E-state index < -0.39 is 26.2 Å². The van der Waals surface area contributed by atoms with E-state index >= 15 is 0 Å². The molecule has 7 nitrogen and oxygen atoms in total. The summed E-state index contributed by atoms with van der Waals surface area (Å²) in [5.74, 6) is -0.491. The molecule has 1 atom stereocenters. The van der Waals surface area contributed by atoms with E-state index in [9.17, 15) is 26.4 Å². The first-order chi connectivity index (χ1) is 14.5. The number of nitrogens with zero attached hydrogens (tertiary/aromatic N) is 3. The van der Waals surface area contributed by atoms with E-state index in [0.717, 1.165) is 17.7 Å². The maximum absolute atomic E-state index is 12.7. The molecule has 11 heteroatoms. The van der Waals surface area contributed by atoms with Gasteiger partial charge in [-0.1, -0.05) is 0 Å². The number of pyridine rings is 1.